The number of hydrogen-bond donors (Lipinski definition) is 2. The van der Waals surface area contributed by atoms with E-state index in [0.717, 1.165) is 25.4 Å². The van der Waals surface area contributed by atoms with Gasteiger partial charge in [-0.1, -0.05) is 12.5 Å². The Morgan fingerprint density at radius 2 is 2.00 bits per heavy atom. The topological polar surface area (TPSA) is 47.3 Å². The van der Waals surface area contributed by atoms with Crippen LogP contribution in [-0.2, 0) is 6.54 Å². The molecule has 1 aliphatic rings. The summed E-state index contributed by atoms with van der Waals surface area (Å²) in [4.78, 5) is 0. The molecule has 0 radical (unpaired) electrons. The molecule has 0 unspecified atom stereocenters. The standard InChI is InChI=1S/C16H26N2O/c1-12-13(2)15(19-3)6-5-14(12)9-18-11-16(10-17)7-4-8-16/h5-6,18H,4,7-11,17H2,1-3H3. The lowest BCUT2D eigenvalue weighted by Crippen LogP contribution is -2.45. The average Bonchev–Trinajstić information content (AvgIpc) is 2.38. The predicted molar refractivity (Wildman–Crippen MR) is 79.5 cm³/mol. The molecule has 3 nitrogen and oxygen atoms in total. The molecule has 0 atom stereocenters. The van der Waals surface area contributed by atoms with Crippen molar-refractivity contribution in [2.45, 2.75) is 39.7 Å². The molecule has 1 aromatic rings. The van der Waals surface area contributed by atoms with Crippen LogP contribution in [0.5, 0.6) is 5.75 Å². The van der Waals surface area contributed by atoms with Gasteiger partial charge in [-0.15, -0.1) is 0 Å². The Morgan fingerprint density at radius 1 is 1.26 bits per heavy atom. The van der Waals surface area contributed by atoms with Crippen molar-refractivity contribution >= 4 is 0 Å². The van der Waals surface area contributed by atoms with Crippen molar-refractivity contribution in [3.8, 4) is 5.75 Å². The molecule has 19 heavy (non-hydrogen) atoms. The lowest BCUT2D eigenvalue weighted by atomic mass is 9.69. The first-order chi connectivity index (χ1) is 9.12. The summed E-state index contributed by atoms with van der Waals surface area (Å²) >= 11 is 0. The fraction of sp³-hybridized carbons (Fsp3) is 0.625. The third kappa shape index (κ3) is 2.93. The van der Waals surface area contributed by atoms with Gasteiger partial charge in [-0.2, -0.15) is 0 Å². The van der Waals surface area contributed by atoms with E-state index in [-0.39, 0.29) is 0 Å². The number of nitrogens with two attached hydrogens (primary N) is 1. The second-order valence-corrected chi connectivity index (χ2v) is 5.84. The third-order valence-electron chi connectivity index (χ3n) is 4.73. The van der Waals surface area contributed by atoms with Crippen LogP contribution in [0.15, 0.2) is 12.1 Å². The van der Waals surface area contributed by atoms with Gasteiger partial charge in [0, 0.05) is 13.1 Å². The first-order valence-electron chi connectivity index (χ1n) is 7.16. The van der Waals surface area contributed by atoms with Gasteiger partial charge in [0.2, 0.25) is 0 Å². The van der Waals surface area contributed by atoms with Crippen LogP contribution in [0.25, 0.3) is 0 Å². The van der Waals surface area contributed by atoms with Crippen molar-refractivity contribution < 1.29 is 4.74 Å². The van der Waals surface area contributed by atoms with Gasteiger partial charge in [0.25, 0.3) is 0 Å². The first kappa shape index (κ1) is 14.4. The molecule has 1 aromatic carbocycles. The summed E-state index contributed by atoms with van der Waals surface area (Å²) in [5.41, 5.74) is 10.2. The summed E-state index contributed by atoms with van der Waals surface area (Å²) in [5, 5.41) is 3.58. The number of nitrogens with one attached hydrogen (secondary N) is 1. The van der Waals surface area contributed by atoms with Gasteiger partial charge in [-0.3, -0.25) is 0 Å². The van der Waals surface area contributed by atoms with Gasteiger partial charge in [-0.05, 0) is 61.4 Å². The van der Waals surface area contributed by atoms with Crippen LogP contribution in [0.4, 0.5) is 0 Å². The largest absolute Gasteiger partial charge is 0.496 e. The molecule has 0 aliphatic heterocycles. The zero-order valence-corrected chi connectivity index (χ0v) is 12.4. The number of rotatable bonds is 6. The van der Waals surface area contributed by atoms with E-state index in [4.69, 9.17) is 10.5 Å². The number of methoxy groups -OCH3 is 1. The minimum Gasteiger partial charge on any atom is -0.496 e. The molecule has 2 rings (SSSR count). The molecule has 0 heterocycles. The molecule has 1 aliphatic carbocycles. The zero-order chi connectivity index (χ0) is 13.9. The fourth-order valence-electron chi connectivity index (χ4n) is 2.86. The van der Waals surface area contributed by atoms with Crippen LogP contribution < -0.4 is 15.8 Å². The van der Waals surface area contributed by atoms with Crippen molar-refractivity contribution in [1.29, 1.82) is 0 Å². The van der Waals surface area contributed by atoms with Crippen molar-refractivity contribution in [3.05, 3.63) is 28.8 Å². The van der Waals surface area contributed by atoms with Crippen molar-refractivity contribution in [3.63, 3.8) is 0 Å². The summed E-state index contributed by atoms with van der Waals surface area (Å²) in [5.74, 6) is 0.971. The van der Waals surface area contributed by atoms with E-state index < -0.39 is 0 Å². The summed E-state index contributed by atoms with van der Waals surface area (Å²) in [6, 6.07) is 4.21. The van der Waals surface area contributed by atoms with E-state index in [1.54, 1.807) is 7.11 Å². The molecule has 106 valence electrons. The van der Waals surface area contributed by atoms with E-state index in [1.807, 2.05) is 0 Å². The van der Waals surface area contributed by atoms with Gasteiger partial charge >= 0.3 is 0 Å². The van der Waals surface area contributed by atoms with E-state index in [1.165, 1.54) is 36.0 Å². The molecule has 1 fully saturated rings. The molecule has 0 aromatic heterocycles. The number of hydrogen-bond acceptors (Lipinski definition) is 3. The minimum absolute atomic E-state index is 0.370. The summed E-state index contributed by atoms with van der Waals surface area (Å²) < 4.78 is 5.35. The highest BCUT2D eigenvalue weighted by molar-refractivity contribution is 5.43. The quantitative estimate of drug-likeness (QED) is 0.828. The van der Waals surface area contributed by atoms with E-state index in [9.17, 15) is 0 Å². The highest BCUT2D eigenvalue weighted by Crippen LogP contribution is 2.39. The van der Waals surface area contributed by atoms with Gasteiger partial charge in [-0.25, -0.2) is 0 Å². The average molecular weight is 262 g/mol. The second kappa shape index (κ2) is 5.93. The Morgan fingerprint density at radius 3 is 2.53 bits per heavy atom. The molecular weight excluding hydrogens is 236 g/mol. The lowest BCUT2D eigenvalue weighted by Gasteiger charge is -2.41. The van der Waals surface area contributed by atoms with Gasteiger partial charge < -0.3 is 15.8 Å². The van der Waals surface area contributed by atoms with Crippen LogP contribution in [0.3, 0.4) is 0 Å². The molecule has 3 N–H and O–H groups in total. The number of benzene rings is 1. The highest BCUT2D eigenvalue weighted by atomic mass is 16.5. The number of ether oxygens (including phenoxy) is 1. The summed E-state index contributed by atoms with van der Waals surface area (Å²) in [7, 11) is 1.72. The maximum absolute atomic E-state index is 5.88. The van der Waals surface area contributed by atoms with Crippen LogP contribution in [0.2, 0.25) is 0 Å². The van der Waals surface area contributed by atoms with Crippen molar-refractivity contribution in [1.82, 2.24) is 5.32 Å². The van der Waals surface area contributed by atoms with Gasteiger partial charge in [0.1, 0.15) is 5.75 Å². The normalized spacial score (nSPS) is 17.1. The zero-order valence-electron chi connectivity index (χ0n) is 12.4. The Hall–Kier alpha value is -1.06. The van der Waals surface area contributed by atoms with Crippen molar-refractivity contribution in [2.75, 3.05) is 20.2 Å². The smallest absolute Gasteiger partial charge is 0.122 e. The fourth-order valence-corrected chi connectivity index (χ4v) is 2.86. The molecule has 1 saturated carbocycles. The molecule has 0 bridgehead atoms. The summed E-state index contributed by atoms with van der Waals surface area (Å²) in [6.07, 6.45) is 3.88. The maximum atomic E-state index is 5.88. The van der Waals surface area contributed by atoms with E-state index in [2.05, 4.69) is 31.3 Å². The molecule has 0 spiro atoms. The lowest BCUT2D eigenvalue weighted by molar-refractivity contribution is 0.140. The summed E-state index contributed by atoms with van der Waals surface area (Å²) in [6.45, 7) is 7.04. The van der Waals surface area contributed by atoms with Crippen molar-refractivity contribution in [2.24, 2.45) is 11.1 Å². The van der Waals surface area contributed by atoms with Gasteiger partial charge in [0.05, 0.1) is 7.11 Å². The molecule has 0 saturated heterocycles. The van der Waals surface area contributed by atoms with E-state index >= 15 is 0 Å². The predicted octanol–water partition coefficient (Wildman–Crippen LogP) is 2.53. The van der Waals surface area contributed by atoms with Crippen LogP contribution in [0, 0.1) is 19.3 Å². The van der Waals surface area contributed by atoms with Crippen LogP contribution in [-0.4, -0.2) is 20.2 Å². The molecular formula is C16H26N2O. The first-order valence-corrected chi connectivity index (χ1v) is 7.16. The van der Waals surface area contributed by atoms with Crippen LogP contribution >= 0.6 is 0 Å². The Balaban J connectivity index is 1.94. The van der Waals surface area contributed by atoms with E-state index in [0.29, 0.717) is 5.41 Å². The Kier molecular flexibility index (Phi) is 4.48. The highest BCUT2D eigenvalue weighted by Gasteiger charge is 2.34. The molecule has 0 amide bonds. The second-order valence-electron chi connectivity index (χ2n) is 5.84. The van der Waals surface area contributed by atoms with Gasteiger partial charge in [0.15, 0.2) is 0 Å². The monoisotopic (exact) mass is 262 g/mol. The third-order valence-corrected chi connectivity index (χ3v) is 4.73. The SMILES string of the molecule is COc1ccc(CNCC2(CN)CCC2)c(C)c1C. The van der Waals surface area contributed by atoms with Crippen LogP contribution in [0.1, 0.15) is 36.0 Å². The molecule has 3 heteroatoms. The minimum atomic E-state index is 0.370. The Labute approximate surface area is 116 Å². The maximum Gasteiger partial charge on any atom is 0.122 e. The Bertz CT molecular complexity index is 433.